The SMILES string of the molecule is CC(=O)Nc1cc(NC(=O)N2CCN(CCc3ccccc3)CC2)ccc1F. The first kappa shape index (κ1) is 19.8. The molecule has 0 bridgehead atoms. The Balaban J connectivity index is 1.48. The molecule has 148 valence electrons. The Labute approximate surface area is 164 Å². The van der Waals surface area contributed by atoms with Crippen LogP contribution < -0.4 is 10.6 Å². The lowest BCUT2D eigenvalue weighted by molar-refractivity contribution is -0.114. The van der Waals surface area contributed by atoms with E-state index in [0.29, 0.717) is 18.8 Å². The van der Waals surface area contributed by atoms with E-state index in [1.807, 2.05) is 18.2 Å². The molecule has 1 heterocycles. The maximum absolute atomic E-state index is 13.7. The zero-order valence-corrected chi connectivity index (χ0v) is 16.0. The van der Waals surface area contributed by atoms with E-state index in [4.69, 9.17) is 0 Å². The normalized spacial score (nSPS) is 14.6. The van der Waals surface area contributed by atoms with Crippen LogP contribution in [0.15, 0.2) is 48.5 Å². The smallest absolute Gasteiger partial charge is 0.321 e. The minimum absolute atomic E-state index is 0.0519. The zero-order valence-electron chi connectivity index (χ0n) is 16.0. The summed E-state index contributed by atoms with van der Waals surface area (Å²) in [5, 5.41) is 5.19. The van der Waals surface area contributed by atoms with Gasteiger partial charge in [-0.2, -0.15) is 0 Å². The van der Waals surface area contributed by atoms with Crippen LogP contribution in [-0.4, -0.2) is 54.5 Å². The largest absolute Gasteiger partial charge is 0.324 e. The van der Waals surface area contributed by atoms with Crippen LogP contribution in [0.3, 0.4) is 0 Å². The Kier molecular flexibility index (Phi) is 6.60. The third kappa shape index (κ3) is 5.53. The van der Waals surface area contributed by atoms with Gasteiger partial charge < -0.3 is 15.5 Å². The molecule has 2 aromatic carbocycles. The number of piperazine rings is 1. The van der Waals surface area contributed by atoms with Crippen LogP contribution in [0.1, 0.15) is 12.5 Å². The van der Waals surface area contributed by atoms with Crippen molar-refractivity contribution in [2.75, 3.05) is 43.4 Å². The van der Waals surface area contributed by atoms with Crippen molar-refractivity contribution in [1.82, 2.24) is 9.80 Å². The fraction of sp³-hybridized carbons (Fsp3) is 0.333. The number of nitrogens with zero attached hydrogens (tertiary/aromatic N) is 2. The predicted molar refractivity (Wildman–Crippen MR) is 108 cm³/mol. The van der Waals surface area contributed by atoms with Crippen LogP contribution in [0.2, 0.25) is 0 Å². The van der Waals surface area contributed by atoms with Gasteiger partial charge in [-0.1, -0.05) is 30.3 Å². The van der Waals surface area contributed by atoms with Gasteiger partial charge in [-0.3, -0.25) is 9.69 Å². The molecule has 0 atom stereocenters. The number of urea groups is 1. The number of anilines is 2. The summed E-state index contributed by atoms with van der Waals surface area (Å²) in [5.41, 5.74) is 1.81. The highest BCUT2D eigenvalue weighted by Crippen LogP contribution is 2.20. The Morgan fingerprint density at radius 1 is 1.00 bits per heavy atom. The molecule has 1 aliphatic rings. The van der Waals surface area contributed by atoms with Crippen LogP contribution in [0, 0.1) is 5.82 Å². The molecular weight excluding hydrogens is 359 g/mol. The number of hydrogen-bond donors (Lipinski definition) is 2. The van der Waals surface area contributed by atoms with Crippen molar-refractivity contribution in [2.45, 2.75) is 13.3 Å². The summed E-state index contributed by atoms with van der Waals surface area (Å²) in [6.45, 7) is 5.20. The molecule has 0 unspecified atom stereocenters. The molecule has 28 heavy (non-hydrogen) atoms. The summed E-state index contributed by atoms with van der Waals surface area (Å²) < 4.78 is 13.7. The van der Waals surface area contributed by atoms with Crippen LogP contribution in [0.25, 0.3) is 0 Å². The molecule has 2 aromatic rings. The van der Waals surface area contributed by atoms with E-state index in [0.717, 1.165) is 26.1 Å². The first-order valence-corrected chi connectivity index (χ1v) is 9.40. The second kappa shape index (κ2) is 9.32. The lowest BCUT2D eigenvalue weighted by Gasteiger charge is -2.34. The minimum atomic E-state index is -0.541. The topological polar surface area (TPSA) is 64.7 Å². The lowest BCUT2D eigenvalue weighted by Crippen LogP contribution is -2.50. The Morgan fingerprint density at radius 2 is 1.71 bits per heavy atom. The monoisotopic (exact) mass is 384 g/mol. The van der Waals surface area contributed by atoms with Crippen molar-refractivity contribution in [2.24, 2.45) is 0 Å². The van der Waals surface area contributed by atoms with Crippen LogP contribution in [0.5, 0.6) is 0 Å². The van der Waals surface area contributed by atoms with E-state index >= 15 is 0 Å². The van der Waals surface area contributed by atoms with Gasteiger partial charge >= 0.3 is 6.03 Å². The third-order valence-corrected chi connectivity index (χ3v) is 4.75. The molecule has 3 amide bonds. The second-order valence-corrected chi connectivity index (χ2v) is 6.87. The molecule has 0 radical (unpaired) electrons. The number of carbonyl (C=O) groups is 2. The summed E-state index contributed by atoms with van der Waals surface area (Å²) >= 11 is 0. The number of carbonyl (C=O) groups excluding carboxylic acids is 2. The van der Waals surface area contributed by atoms with Gasteiger partial charge in [0.05, 0.1) is 5.69 Å². The minimum Gasteiger partial charge on any atom is -0.324 e. The average molecular weight is 384 g/mol. The highest BCUT2D eigenvalue weighted by molar-refractivity contribution is 5.92. The summed E-state index contributed by atoms with van der Waals surface area (Å²) in [6, 6.07) is 14.3. The molecule has 0 aliphatic carbocycles. The quantitative estimate of drug-likeness (QED) is 0.832. The van der Waals surface area contributed by atoms with Crippen LogP contribution >= 0.6 is 0 Å². The third-order valence-electron chi connectivity index (χ3n) is 4.75. The molecule has 1 aliphatic heterocycles. The van der Waals surface area contributed by atoms with Gasteiger partial charge in [0.2, 0.25) is 5.91 Å². The highest BCUT2D eigenvalue weighted by atomic mass is 19.1. The van der Waals surface area contributed by atoms with Gasteiger partial charge in [0.15, 0.2) is 0 Å². The van der Waals surface area contributed by atoms with Crippen molar-refractivity contribution in [3.8, 4) is 0 Å². The number of hydrogen-bond acceptors (Lipinski definition) is 3. The van der Waals surface area contributed by atoms with Gasteiger partial charge in [-0.05, 0) is 30.2 Å². The molecule has 0 aromatic heterocycles. The Hall–Kier alpha value is -2.93. The fourth-order valence-corrected chi connectivity index (χ4v) is 3.20. The highest BCUT2D eigenvalue weighted by Gasteiger charge is 2.21. The maximum atomic E-state index is 13.7. The molecule has 3 rings (SSSR count). The number of halogens is 1. The molecule has 1 fully saturated rings. The van der Waals surface area contributed by atoms with E-state index in [1.54, 1.807) is 4.90 Å². The first-order chi connectivity index (χ1) is 13.5. The lowest BCUT2D eigenvalue weighted by atomic mass is 10.1. The maximum Gasteiger partial charge on any atom is 0.321 e. The van der Waals surface area contributed by atoms with Gasteiger partial charge in [0.1, 0.15) is 5.82 Å². The van der Waals surface area contributed by atoms with E-state index in [1.165, 1.54) is 30.7 Å². The average Bonchev–Trinajstić information content (AvgIpc) is 2.70. The zero-order chi connectivity index (χ0) is 19.9. The van der Waals surface area contributed by atoms with Gasteiger partial charge in [-0.15, -0.1) is 0 Å². The van der Waals surface area contributed by atoms with Crippen molar-refractivity contribution in [3.63, 3.8) is 0 Å². The first-order valence-electron chi connectivity index (χ1n) is 9.40. The number of rotatable bonds is 5. The molecular formula is C21H25FN4O2. The number of nitrogens with one attached hydrogen (secondary N) is 2. The fourth-order valence-electron chi connectivity index (χ4n) is 3.20. The van der Waals surface area contributed by atoms with Gasteiger partial charge in [-0.25, -0.2) is 9.18 Å². The van der Waals surface area contributed by atoms with Crippen LogP contribution in [-0.2, 0) is 11.2 Å². The van der Waals surface area contributed by atoms with E-state index in [2.05, 4.69) is 27.7 Å². The molecule has 1 saturated heterocycles. The summed E-state index contributed by atoms with van der Waals surface area (Å²) in [6.07, 6.45) is 0.995. The van der Waals surface area contributed by atoms with E-state index < -0.39 is 5.82 Å². The molecule has 7 heteroatoms. The standard InChI is InChI=1S/C21H25FN4O2/c1-16(27)23-20-15-18(7-8-19(20)22)24-21(28)26-13-11-25(12-14-26)10-9-17-5-3-2-4-6-17/h2-8,15H,9-14H2,1H3,(H,23,27)(H,24,28). The van der Waals surface area contributed by atoms with E-state index in [-0.39, 0.29) is 17.6 Å². The Bertz CT molecular complexity index is 820. The molecule has 6 nitrogen and oxygen atoms in total. The van der Waals surface area contributed by atoms with Crippen molar-refractivity contribution in [1.29, 1.82) is 0 Å². The van der Waals surface area contributed by atoms with Crippen molar-refractivity contribution >= 4 is 23.3 Å². The van der Waals surface area contributed by atoms with Crippen molar-refractivity contribution < 1.29 is 14.0 Å². The molecule has 0 saturated carbocycles. The summed E-state index contributed by atoms with van der Waals surface area (Å²) in [7, 11) is 0. The molecule has 0 spiro atoms. The van der Waals surface area contributed by atoms with Crippen molar-refractivity contribution in [3.05, 3.63) is 59.9 Å². The second-order valence-electron chi connectivity index (χ2n) is 6.87. The predicted octanol–water partition coefficient (Wildman–Crippen LogP) is 3.18. The molecule has 2 N–H and O–H groups in total. The summed E-state index contributed by atoms with van der Waals surface area (Å²) in [4.78, 5) is 27.7. The van der Waals surface area contributed by atoms with Gasteiger partial charge in [0, 0.05) is 45.3 Å². The van der Waals surface area contributed by atoms with Crippen LogP contribution in [0.4, 0.5) is 20.6 Å². The van der Waals surface area contributed by atoms with E-state index in [9.17, 15) is 14.0 Å². The summed E-state index contributed by atoms with van der Waals surface area (Å²) in [5.74, 6) is -0.908. The number of amides is 3. The number of benzene rings is 2. The van der Waals surface area contributed by atoms with Gasteiger partial charge in [0.25, 0.3) is 0 Å². The Morgan fingerprint density at radius 3 is 2.39 bits per heavy atom.